The smallest absolute Gasteiger partial charge is 0.298 e. The standard InChI is InChI=1S/C16H16N2O4S/c19-15-14(8-11-3-4-12-13(7-11)22-10-21-12)23-16(20)18(15)9-17-5-1-2-6-17/h3-4,7-8H,1-2,5-6,9-10H2/p+1/b14-8-. The summed E-state index contributed by atoms with van der Waals surface area (Å²) in [5.41, 5.74) is 0.827. The summed E-state index contributed by atoms with van der Waals surface area (Å²) in [5, 5.41) is -0.179. The Morgan fingerprint density at radius 2 is 1.96 bits per heavy atom. The van der Waals surface area contributed by atoms with E-state index in [1.807, 2.05) is 18.2 Å². The van der Waals surface area contributed by atoms with Crippen molar-refractivity contribution in [1.82, 2.24) is 4.90 Å². The van der Waals surface area contributed by atoms with Gasteiger partial charge in [-0.25, -0.2) is 4.90 Å². The second-order valence-electron chi connectivity index (χ2n) is 5.84. The molecule has 0 saturated carbocycles. The molecule has 4 rings (SSSR count). The molecule has 0 aliphatic carbocycles. The maximum atomic E-state index is 12.5. The summed E-state index contributed by atoms with van der Waals surface area (Å²) < 4.78 is 10.6. The van der Waals surface area contributed by atoms with Crippen LogP contribution in [0.15, 0.2) is 23.1 Å². The van der Waals surface area contributed by atoms with E-state index in [2.05, 4.69) is 0 Å². The molecule has 0 bridgehead atoms. The first kappa shape index (κ1) is 14.6. The predicted octanol–water partition coefficient (Wildman–Crippen LogP) is 1.09. The first-order chi connectivity index (χ1) is 11.2. The Balaban J connectivity index is 1.52. The highest BCUT2D eigenvalue weighted by atomic mass is 32.2. The molecule has 1 N–H and O–H groups in total. The lowest BCUT2D eigenvalue weighted by atomic mass is 10.2. The number of hydrogen-bond donors (Lipinski definition) is 1. The van der Waals surface area contributed by atoms with Crippen molar-refractivity contribution in [1.29, 1.82) is 0 Å². The molecule has 0 atom stereocenters. The lowest BCUT2D eigenvalue weighted by Crippen LogP contribution is -3.11. The third-order valence-corrected chi connectivity index (χ3v) is 5.17. The van der Waals surface area contributed by atoms with Crippen molar-refractivity contribution in [3.8, 4) is 11.5 Å². The normalized spacial score (nSPS) is 22.6. The Morgan fingerprint density at radius 3 is 2.78 bits per heavy atom. The molecule has 120 valence electrons. The first-order valence-corrected chi connectivity index (χ1v) is 8.51. The van der Waals surface area contributed by atoms with Crippen LogP contribution in [0.1, 0.15) is 18.4 Å². The molecule has 3 heterocycles. The predicted molar refractivity (Wildman–Crippen MR) is 85.2 cm³/mol. The third kappa shape index (κ3) is 2.82. The van der Waals surface area contributed by atoms with Crippen LogP contribution in [0.3, 0.4) is 0 Å². The Hall–Kier alpha value is -1.99. The highest BCUT2D eigenvalue weighted by Gasteiger charge is 2.38. The molecule has 3 aliphatic rings. The summed E-state index contributed by atoms with van der Waals surface area (Å²) in [6, 6.07) is 5.49. The van der Waals surface area contributed by atoms with Crippen molar-refractivity contribution in [2.24, 2.45) is 0 Å². The van der Waals surface area contributed by atoms with E-state index in [0.29, 0.717) is 23.1 Å². The Labute approximate surface area is 138 Å². The maximum Gasteiger partial charge on any atom is 0.298 e. The average molecular weight is 333 g/mol. The van der Waals surface area contributed by atoms with E-state index in [0.717, 1.165) is 30.4 Å². The van der Waals surface area contributed by atoms with Gasteiger partial charge in [0.2, 0.25) is 6.79 Å². The summed E-state index contributed by atoms with van der Waals surface area (Å²) >= 11 is 1.01. The number of quaternary nitrogens is 1. The zero-order chi connectivity index (χ0) is 15.8. The van der Waals surface area contributed by atoms with Gasteiger partial charge in [-0.1, -0.05) is 6.07 Å². The molecule has 0 radical (unpaired) electrons. The number of nitrogens with zero attached hydrogens (tertiary/aromatic N) is 1. The highest BCUT2D eigenvalue weighted by Crippen LogP contribution is 2.35. The Bertz CT molecular complexity index is 697. The fourth-order valence-electron chi connectivity index (χ4n) is 3.05. The van der Waals surface area contributed by atoms with E-state index >= 15 is 0 Å². The van der Waals surface area contributed by atoms with Crippen molar-refractivity contribution >= 4 is 29.0 Å². The first-order valence-electron chi connectivity index (χ1n) is 7.69. The van der Waals surface area contributed by atoms with Crippen molar-refractivity contribution in [3.63, 3.8) is 0 Å². The molecule has 1 aromatic rings. The summed E-state index contributed by atoms with van der Waals surface area (Å²) in [6.45, 7) is 2.75. The number of thioether (sulfide) groups is 1. The number of carbonyl (C=O) groups is 2. The molecule has 0 unspecified atom stereocenters. The molecule has 2 amide bonds. The van der Waals surface area contributed by atoms with Gasteiger partial charge in [-0.3, -0.25) is 9.59 Å². The summed E-state index contributed by atoms with van der Waals surface area (Å²) in [7, 11) is 0. The molecule has 7 heteroatoms. The highest BCUT2D eigenvalue weighted by molar-refractivity contribution is 8.18. The molecule has 0 spiro atoms. The van der Waals surface area contributed by atoms with Gasteiger partial charge >= 0.3 is 0 Å². The molecule has 3 aliphatic heterocycles. The van der Waals surface area contributed by atoms with Gasteiger partial charge in [0.1, 0.15) is 0 Å². The second-order valence-corrected chi connectivity index (χ2v) is 6.83. The van der Waals surface area contributed by atoms with Gasteiger partial charge in [0.05, 0.1) is 18.0 Å². The molecule has 0 aromatic heterocycles. The largest absolute Gasteiger partial charge is 0.454 e. The zero-order valence-corrected chi connectivity index (χ0v) is 13.4. The maximum absolute atomic E-state index is 12.5. The molecule has 23 heavy (non-hydrogen) atoms. The summed E-state index contributed by atoms with van der Waals surface area (Å²) in [4.78, 5) is 27.8. The van der Waals surface area contributed by atoms with Crippen molar-refractivity contribution < 1.29 is 24.0 Å². The average Bonchev–Trinajstić information content (AvgIpc) is 3.26. The SMILES string of the molecule is O=C1S/C(=C\c2ccc3c(c2)OCO3)C(=O)N1C[NH+]1CCCC1. The number of ether oxygens (including phenoxy) is 2. The topological polar surface area (TPSA) is 60.3 Å². The molecular formula is C16H17N2O4S+. The van der Waals surface area contributed by atoms with Crippen LogP contribution < -0.4 is 14.4 Å². The molecule has 2 saturated heterocycles. The van der Waals surface area contributed by atoms with Gasteiger partial charge < -0.3 is 14.4 Å². The fraction of sp³-hybridized carbons (Fsp3) is 0.375. The van der Waals surface area contributed by atoms with Gasteiger partial charge in [-0.15, -0.1) is 0 Å². The van der Waals surface area contributed by atoms with Crippen molar-refractivity contribution in [2.75, 3.05) is 26.6 Å². The number of nitrogens with one attached hydrogen (secondary N) is 1. The van der Waals surface area contributed by atoms with Gasteiger partial charge in [-0.05, 0) is 35.5 Å². The number of rotatable bonds is 3. The van der Waals surface area contributed by atoms with E-state index in [9.17, 15) is 9.59 Å². The van der Waals surface area contributed by atoms with Crippen LogP contribution in [0.4, 0.5) is 4.79 Å². The van der Waals surface area contributed by atoms with Gasteiger partial charge in [0.25, 0.3) is 11.1 Å². The van der Waals surface area contributed by atoms with Crippen molar-refractivity contribution in [3.05, 3.63) is 28.7 Å². The lowest BCUT2D eigenvalue weighted by Gasteiger charge is -2.17. The van der Waals surface area contributed by atoms with E-state index < -0.39 is 0 Å². The van der Waals surface area contributed by atoms with E-state index in [1.54, 1.807) is 6.08 Å². The number of amides is 2. The van der Waals surface area contributed by atoms with Crippen LogP contribution in [0.5, 0.6) is 11.5 Å². The third-order valence-electron chi connectivity index (χ3n) is 4.26. The number of carbonyl (C=O) groups excluding carboxylic acids is 2. The summed E-state index contributed by atoms with van der Waals surface area (Å²) in [6.07, 6.45) is 4.07. The number of likely N-dealkylation sites (tertiary alicyclic amines) is 1. The van der Waals surface area contributed by atoms with Crippen LogP contribution >= 0.6 is 11.8 Å². The molecule has 2 fully saturated rings. The molecular weight excluding hydrogens is 316 g/mol. The minimum Gasteiger partial charge on any atom is -0.454 e. The van der Waals surface area contributed by atoms with Crippen LogP contribution in [0.25, 0.3) is 6.08 Å². The quantitative estimate of drug-likeness (QED) is 0.839. The van der Waals surface area contributed by atoms with Gasteiger partial charge in [0, 0.05) is 12.8 Å². The van der Waals surface area contributed by atoms with Gasteiger partial charge in [0.15, 0.2) is 18.2 Å². The van der Waals surface area contributed by atoms with Crippen molar-refractivity contribution in [2.45, 2.75) is 12.8 Å². The number of hydrogen-bond acceptors (Lipinski definition) is 5. The van der Waals surface area contributed by atoms with Crippen LogP contribution in [-0.2, 0) is 4.79 Å². The van der Waals surface area contributed by atoms with Crippen LogP contribution in [-0.4, -0.2) is 42.6 Å². The Kier molecular flexibility index (Phi) is 3.74. The van der Waals surface area contributed by atoms with E-state index in [1.165, 1.54) is 22.6 Å². The monoisotopic (exact) mass is 333 g/mol. The lowest BCUT2D eigenvalue weighted by molar-refractivity contribution is -0.894. The van der Waals surface area contributed by atoms with Gasteiger partial charge in [-0.2, -0.15) is 0 Å². The number of fused-ring (bicyclic) bond motifs is 1. The van der Waals surface area contributed by atoms with Crippen LogP contribution in [0, 0.1) is 0 Å². The Morgan fingerprint density at radius 1 is 1.17 bits per heavy atom. The molecule has 6 nitrogen and oxygen atoms in total. The minimum atomic E-state index is -0.197. The minimum absolute atomic E-state index is 0.179. The second kappa shape index (κ2) is 5.90. The summed E-state index contributed by atoms with van der Waals surface area (Å²) in [5.74, 6) is 1.17. The van der Waals surface area contributed by atoms with E-state index in [-0.39, 0.29) is 17.9 Å². The fourth-order valence-corrected chi connectivity index (χ4v) is 3.89. The zero-order valence-electron chi connectivity index (χ0n) is 12.5. The number of imide groups is 1. The number of benzene rings is 1. The molecule has 1 aromatic carbocycles. The van der Waals surface area contributed by atoms with E-state index in [4.69, 9.17) is 9.47 Å². The van der Waals surface area contributed by atoms with Crippen LogP contribution in [0.2, 0.25) is 0 Å².